The van der Waals surface area contributed by atoms with Crippen LogP contribution in [0, 0.1) is 0 Å². The van der Waals surface area contributed by atoms with Gasteiger partial charge in [0.25, 0.3) is 0 Å². The smallest absolute Gasteiger partial charge is 0.119 e. The normalized spacial score (nSPS) is 10.5. The fourth-order valence-electron chi connectivity index (χ4n) is 1.71. The summed E-state index contributed by atoms with van der Waals surface area (Å²) in [6.07, 6.45) is 5.19. The highest BCUT2D eigenvalue weighted by Gasteiger charge is 1.95. The van der Waals surface area contributed by atoms with Gasteiger partial charge in [0.15, 0.2) is 0 Å². The molecule has 3 heteroatoms. The monoisotopic (exact) mass is 299 g/mol. The first-order valence-corrected chi connectivity index (χ1v) is 7.38. The van der Waals surface area contributed by atoms with E-state index in [1.165, 1.54) is 31.2 Å². The number of methoxy groups -OCH3 is 1. The van der Waals surface area contributed by atoms with Crippen LogP contribution in [0.15, 0.2) is 24.3 Å². The maximum absolute atomic E-state index is 5.19. The molecule has 0 unspecified atom stereocenters. The van der Waals surface area contributed by atoms with Crippen molar-refractivity contribution < 1.29 is 4.74 Å². The zero-order chi connectivity index (χ0) is 12.3. The molecule has 17 heavy (non-hydrogen) atoms. The van der Waals surface area contributed by atoms with Gasteiger partial charge in [0.1, 0.15) is 5.75 Å². The molecule has 0 radical (unpaired) electrons. The topological polar surface area (TPSA) is 21.3 Å². The van der Waals surface area contributed by atoms with E-state index in [0.717, 1.165) is 24.2 Å². The Morgan fingerprint density at radius 2 is 2.00 bits per heavy atom. The number of alkyl halides is 1. The van der Waals surface area contributed by atoms with E-state index in [4.69, 9.17) is 4.74 Å². The third-order valence-corrected chi connectivity index (χ3v) is 3.26. The molecule has 0 saturated carbocycles. The van der Waals surface area contributed by atoms with Crippen LogP contribution < -0.4 is 10.1 Å². The lowest BCUT2D eigenvalue weighted by Crippen LogP contribution is -2.14. The van der Waals surface area contributed by atoms with Gasteiger partial charge in [0, 0.05) is 11.9 Å². The molecule has 1 aromatic carbocycles. The van der Waals surface area contributed by atoms with Crippen molar-refractivity contribution >= 4 is 15.9 Å². The summed E-state index contributed by atoms with van der Waals surface area (Å²) in [5, 5.41) is 4.59. The maximum atomic E-state index is 5.19. The molecule has 96 valence electrons. The Morgan fingerprint density at radius 1 is 1.18 bits per heavy atom. The van der Waals surface area contributed by atoms with E-state index in [1.807, 2.05) is 12.1 Å². The van der Waals surface area contributed by atoms with Gasteiger partial charge in [-0.3, -0.25) is 0 Å². The van der Waals surface area contributed by atoms with Crippen LogP contribution in [-0.4, -0.2) is 19.0 Å². The summed E-state index contributed by atoms with van der Waals surface area (Å²) in [5.74, 6) is 0.932. The molecule has 1 N–H and O–H groups in total. The van der Waals surface area contributed by atoms with Gasteiger partial charge in [-0.15, -0.1) is 0 Å². The van der Waals surface area contributed by atoms with Crippen molar-refractivity contribution in [1.82, 2.24) is 5.32 Å². The van der Waals surface area contributed by atoms with Crippen LogP contribution in [0.4, 0.5) is 0 Å². The predicted octanol–water partition coefficient (Wildman–Crippen LogP) is 3.74. The first-order valence-electron chi connectivity index (χ1n) is 6.26. The van der Waals surface area contributed by atoms with Crippen LogP contribution in [0.25, 0.3) is 0 Å². The molecule has 0 amide bonds. The van der Waals surface area contributed by atoms with E-state index in [9.17, 15) is 0 Å². The molecule has 0 aliphatic heterocycles. The van der Waals surface area contributed by atoms with Gasteiger partial charge in [-0.2, -0.15) is 0 Å². The van der Waals surface area contributed by atoms with E-state index >= 15 is 0 Å². The summed E-state index contributed by atoms with van der Waals surface area (Å²) >= 11 is 3.45. The molecular formula is C14H22BrNO. The third-order valence-electron chi connectivity index (χ3n) is 2.70. The van der Waals surface area contributed by atoms with Gasteiger partial charge in [0.2, 0.25) is 0 Å². The summed E-state index contributed by atoms with van der Waals surface area (Å²) in [6, 6.07) is 8.22. The first-order chi connectivity index (χ1) is 8.36. The molecule has 0 atom stereocenters. The molecule has 0 aromatic heterocycles. The molecule has 0 bridgehead atoms. The van der Waals surface area contributed by atoms with E-state index in [1.54, 1.807) is 7.11 Å². The molecule has 0 saturated heterocycles. The number of hydrogen-bond donors (Lipinski definition) is 1. The minimum atomic E-state index is 0.926. The highest BCUT2D eigenvalue weighted by molar-refractivity contribution is 9.09. The largest absolute Gasteiger partial charge is 0.497 e. The maximum Gasteiger partial charge on any atom is 0.119 e. The second-order valence-corrected chi connectivity index (χ2v) is 4.92. The molecule has 0 aliphatic carbocycles. The van der Waals surface area contributed by atoms with Crippen LogP contribution >= 0.6 is 15.9 Å². The number of rotatable bonds is 9. The molecule has 2 nitrogen and oxygen atoms in total. The summed E-state index contributed by atoms with van der Waals surface area (Å²) < 4.78 is 5.19. The summed E-state index contributed by atoms with van der Waals surface area (Å²) in [7, 11) is 1.70. The SMILES string of the molecule is COc1cccc(CNCCCCCCBr)c1. The molecule has 1 aromatic rings. The van der Waals surface area contributed by atoms with E-state index < -0.39 is 0 Å². The second-order valence-electron chi connectivity index (χ2n) is 4.13. The Labute approximate surface area is 113 Å². The van der Waals surface area contributed by atoms with E-state index in [2.05, 4.69) is 33.4 Å². The summed E-state index contributed by atoms with van der Waals surface area (Å²) in [4.78, 5) is 0. The predicted molar refractivity (Wildman–Crippen MR) is 77.0 cm³/mol. The van der Waals surface area contributed by atoms with Crippen molar-refractivity contribution in [3.63, 3.8) is 0 Å². The van der Waals surface area contributed by atoms with E-state index in [0.29, 0.717) is 0 Å². The fourth-order valence-corrected chi connectivity index (χ4v) is 2.11. The van der Waals surface area contributed by atoms with E-state index in [-0.39, 0.29) is 0 Å². The molecule has 0 fully saturated rings. The Balaban J connectivity index is 2.09. The van der Waals surface area contributed by atoms with Crippen LogP contribution in [-0.2, 0) is 6.54 Å². The zero-order valence-corrected chi connectivity index (χ0v) is 12.1. The number of halogens is 1. The number of hydrogen-bond acceptors (Lipinski definition) is 2. The quantitative estimate of drug-likeness (QED) is 0.554. The van der Waals surface area contributed by atoms with Gasteiger partial charge in [-0.1, -0.05) is 40.9 Å². The highest BCUT2D eigenvalue weighted by Crippen LogP contribution is 2.12. The van der Waals surface area contributed by atoms with Gasteiger partial charge in [0.05, 0.1) is 7.11 Å². The van der Waals surface area contributed by atoms with Crippen molar-refractivity contribution in [3.8, 4) is 5.75 Å². The summed E-state index contributed by atoms with van der Waals surface area (Å²) in [5.41, 5.74) is 1.28. The van der Waals surface area contributed by atoms with Gasteiger partial charge >= 0.3 is 0 Å². The lowest BCUT2D eigenvalue weighted by molar-refractivity contribution is 0.414. The minimum absolute atomic E-state index is 0.926. The van der Waals surface area contributed by atoms with Crippen LogP contribution in [0.5, 0.6) is 5.75 Å². The van der Waals surface area contributed by atoms with Crippen LogP contribution in [0.3, 0.4) is 0 Å². The number of benzene rings is 1. The number of nitrogens with one attached hydrogen (secondary N) is 1. The minimum Gasteiger partial charge on any atom is -0.497 e. The Bertz CT molecular complexity index is 304. The van der Waals surface area contributed by atoms with Gasteiger partial charge < -0.3 is 10.1 Å². The standard InChI is InChI=1S/C14H22BrNO/c1-17-14-8-6-7-13(11-14)12-16-10-5-3-2-4-9-15/h6-8,11,16H,2-5,9-10,12H2,1H3. The van der Waals surface area contributed by atoms with Crippen molar-refractivity contribution in [2.45, 2.75) is 32.2 Å². The van der Waals surface area contributed by atoms with Crippen molar-refractivity contribution in [1.29, 1.82) is 0 Å². The van der Waals surface area contributed by atoms with Crippen molar-refractivity contribution in [3.05, 3.63) is 29.8 Å². The molecular weight excluding hydrogens is 278 g/mol. The van der Waals surface area contributed by atoms with Crippen molar-refractivity contribution in [2.75, 3.05) is 19.0 Å². The molecule has 0 aliphatic rings. The van der Waals surface area contributed by atoms with Gasteiger partial charge in [-0.25, -0.2) is 0 Å². The molecule has 0 spiro atoms. The molecule has 1 rings (SSSR count). The lowest BCUT2D eigenvalue weighted by Gasteiger charge is -2.06. The second kappa shape index (κ2) is 9.49. The third kappa shape index (κ3) is 6.69. The van der Waals surface area contributed by atoms with Crippen molar-refractivity contribution in [2.24, 2.45) is 0 Å². The fraction of sp³-hybridized carbons (Fsp3) is 0.571. The Morgan fingerprint density at radius 3 is 2.76 bits per heavy atom. The average Bonchev–Trinajstić information content (AvgIpc) is 2.38. The lowest BCUT2D eigenvalue weighted by atomic mass is 10.2. The van der Waals surface area contributed by atoms with Gasteiger partial charge in [-0.05, 0) is 37.1 Å². The first kappa shape index (κ1) is 14.5. The molecule has 0 heterocycles. The summed E-state index contributed by atoms with van der Waals surface area (Å²) in [6.45, 7) is 2.02. The average molecular weight is 300 g/mol. The number of unbranched alkanes of at least 4 members (excludes halogenated alkanes) is 3. The highest BCUT2D eigenvalue weighted by atomic mass is 79.9. The zero-order valence-electron chi connectivity index (χ0n) is 10.5. The Hall–Kier alpha value is -0.540. The van der Waals surface area contributed by atoms with Crippen LogP contribution in [0.2, 0.25) is 0 Å². The number of ether oxygens (including phenoxy) is 1. The Kier molecular flexibility index (Phi) is 8.10. The van der Waals surface area contributed by atoms with Crippen LogP contribution in [0.1, 0.15) is 31.2 Å².